The lowest BCUT2D eigenvalue weighted by Crippen LogP contribution is -2.38. The van der Waals surface area contributed by atoms with Crippen LogP contribution in [0.3, 0.4) is 0 Å². The first-order valence-electron chi connectivity index (χ1n) is 12.0. The molecule has 192 valence electrons. The maximum Gasteiger partial charge on any atom is 0.434 e. The first kappa shape index (κ1) is 24.3. The highest BCUT2D eigenvalue weighted by Crippen LogP contribution is 2.33. The van der Waals surface area contributed by atoms with Gasteiger partial charge in [-0.1, -0.05) is 0 Å². The molecule has 4 aromatic heterocycles. The molecule has 13 heteroatoms. The number of carbonyl (C=O) groups is 1. The fraction of sp³-hybridized carbons (Fsp3) is 0.333. The molecule has 0 unspecified atom stereocenters. The number of urea groups is 1. The summed E-state index contributed by atoms with van der Waals surface area (Å²) in [7, 11) is 0. The van der Waals surface area contributed by atoms with Gasteiger partial charge in [0.15, 0.2) is 0 Å². The minimum Gasteiger partial charge on any atom is -0.388 e. The third-order valence-corrected chi connectivity index (χ3v) is 5.90. The minimum atomic E-state index is -0.638. The Balaban J connectivity index is 1.47. The molecule has 0 bridgehead atoms. The topological polar surface area (TPSA) is 156 Å². The van der Waals surface area contributed by atoms with Crippen LogP contribution in [0, 0.1) is 0 Å². The molecule has 0 aliphatic carbocycles. The predicted molar refractivity (Wildman–Crippen MR) is 135 cm³/mol. The Labute approximate surface area is 211 Å². The van der Waals surface area contributed by atoms with Gasteiger partial charge in [0.1, 0.15) is 5.82 Å². The zero-order chi connectivity index (χ0) is 25.6. The lowest BCUT2D eigenvalue weighted by Gasteiger charge is -2.26. The predicted octanol–water partition coefficient (Wildman–Crippen LogP) is 1.82. The van der Waals surface area contributed by atoms with E-state index in [1.165, 1.54) is 0 Å². The lowest BCUT2D eigenvalue weighted by molar-refractivity contribution is 0.0360. The maximum absolute atomic E-state index is 12.1. The molecule has 1 fully saturated rings. The molecule has 1 saturated heterocycles. The number of anilines is 1. The third kappa shape index (κ3) is 5.90. The summed E-state index contributed by atoms with van der Waals surface area (Å²) in [5.41, 5.74) is 3.52. The molecule has 13 nitrogen and oxygen atoms in total. The van der Waals surface area contributed by atoms with E-state index in [1.807, 2.05) is 17.8 Å². The average Bonchev–Trinajstić information content (AvgIpc) is 3.57. The second-order valence-electron chi connectivity index (χ2n) is 8.39. The summed E-state index contributed by atoms with van der Waals surface area (Å²) < 4.78 is 12.4. The number of amides is 2. The molecule has 0 aromatic carbocycles. The number of aromatic amines is 1. The summed E-state index contributed by atoms with van der Waals surface area (Å²) in [6, 6.07) is 4.91. The van der Waals surface area contributed by atoms with Crippen molar-refractivity contribution in [3.63, 3.8) is 0 Å². The standard InChI is InChI=1S/C24H27N9O4/c1-2-25-23(34)29-21-12-18(17-13-28-33(15-17)6-5-32-7-9-36-10-8-32)19(14-27-21)20-11-16(3-4-26-20)22-30-31-24(35)37-22/h3-4,11-15H,2,5-10H2,1H3,(H,31,35)(H2,25,27,29,34). The van der Waals surface area contributed by atoms with Gasteiger partial charge in [-0.05, 0) is 30.7 Å². The van der Waals surface area contributed by atoms with Crippen LogP contribution in [0.25, 0.3) is 33.8 Å². The van der Waals surface area contributed by atoms with Gasteiger partial charge < -0.3 is 14.5 Å². The van der Waals surface area contributed by atoms with Gasteiger partial charge in [0.25, 0.3) is 0 Å². The van der Waals surface area contributed by atoms with Crippen LogP contribution in [0.4, 0.5) is 10.6 Å². The first-order valence-corrected chi connectivity index (χ1v) is 12.0. The van der Waals surface area contributed by atoms with Crippen molar-refractivity contribution in [3.05, 3.63) is 53.5 Å². The summed E-state index contributed by atoms with van der Waals surface area (Å²) >= 11 is 0. The first-order chi connectivity index (χ1) is 18.1. The third-order valence-electron chi connectivity index (χ3n) is 5.90. The van der Waals surface area contributed by atoms with Crippen LogP contribution in [0.15, 0.2) is 52.2 Å². The number of H-pyrrole nitrogens is 1. The molecular formula is C24H27N9O4. The normalized spacial score (nSPS) is 14.0. The van der Waals surface area contributed by atoms with E-state index < -0.39 is 5.76 Å². The maximum atomic E-state index is 12.1. The summed E-state index contributed by atoms with van der Waals surface area (Å²) in [6.07, 6.45) is 7.00. The van der Waals surface area contributed by atoms with Gasteiger partial charge in [-0.3, -0.25) is 19.9 Å². The quantitative estimate of drug-likeness (QED) is 0.325. The van der Waals surface area contributed by atoms with E-state index in [1.54, 1.807) is 36.8 Å². The van der Waals surface area contributed by atoms with Crippen molar-refractivity contribution >= 4 is 11.8 Å². The van der Waals surface area contributed by atoms with Crippen molar-refractivity contribution in [1.82, 2.24) is 40.2 Å². The Morgan fingerprint density at radius 1 is 1.11 bits per heavy atom. The zero-order valence-corrected chi connectivity index (χ0v) is 20.3. The van der Waals surface area contributed by atoms with Crippen molar-refractivity contribution in [2.45, 2.75) is 13.5 Å². The second kappa shape index (κ2) is 11.1. The molecule has 3 N–H and O–H groups in total. The Morgan fingerprint density at radius 2 is 1.97 bits per heavy atom. The van der Waals surface area contributed by atoms with Crippen LogP contribution in [-0.2, 0) is 11.3 Å². The molecule has 1 aliphatic rings. The number of carbonyl (C=O) groups excluding carboxylic acids is 1. The highest BCUT2D eigenvalue weighted by molar-refractivity contribution is 5.91. The number of pyridine rings is 2. The summed E-state index contributed by atoms with van der Waals surface area (Å²) in [4.78, 5) is 34.8. The van der Waals surface area contributed by atoms with E-state index in [9.17, 15) is 9.59 Å². The molecule has 5 rings (SSSR count). The van der Waals surface area contributed by atoms with Gasteiger partial charge in [0.05, 0.1) is 31.6 Å². The number of hydrogen-bond acceptors (Lipinski definition) is 9. The van der Waals surface area contributed by atoms with Gasteiger partial charge in [-0.25, -0.2) is 19.7 Å². The van der Waals surface area contributed by atoms with Crippen molar-refractivity contribution < 1.29 is 13.9 Å². The van der Waals surface area contributed by atoms with Crippen molar-refractivity contribution in [2.24, 2.45) is 0 Å². The number of aromatic nitrogens is 6. The van der Waals surface area contributed by atoms with Crippen LogP contribution in [0.2, 0.25) is 0 Å². The summed E-state index contributed by atoms with van der Waals surface area (Å²) in [6.45, 7) is 7.26. The Morgan fingerprint density at radius 3 is 2.76 bits per heavy atom. The number of ether oxygens (including phenoxy) is 1. The summed E-state index contributed by atoms with van der Waals surface area (Å²) in [5, 5.41) is 16.2. The van der Waals surface area contributed by atoms with Gasteiger partial charge in [-0.15, -0.1) is 5.10 Å². The van der Waals surface area contributed by atoms with E-state index in [0.717, 1.165) is 50.5 Å². The SMILES string of the molecule is CCNC(=O)Nc1cc(-c2cnn(CCN3CCOCC3)c2)c(-c2cc(-c3n[nH]c(=O)o3)ccn2)cn1. The molecule has 4 aromatic rings. The fourth-order valence-corrected chi connectivity index (χ4v) is 4.05. The van der Waals surface area contributed by atoms with Crippen LogP contribution in [0.5, 0.6) is 0 Å². The van der Waals surface area contributed by atoms with Crippen molar-refractivity contribution in [2.75, 3.05) is 44.7 Å². The van der Waals surface area contributed by atoms with E-state index in [2.05, 4.69) is 40.8 Å². The van der Waals surface area contributed by atoms with E-state index in [4.69, 9.17) is 9.15 Å². The van der Waals surface area contributed by atoms with E-state index in [-0.39, 0.29) is 11.9 Å². The highest BCUT2D eigenvalue weighted by Gasteiger charge is 2.16. The number of morpholine rings is 1. The van der Waals surface area contributed by atoms with Crippen molar-refractivity contribution in [3.8, 4) is 33.8 Å². The minimum absolute atomic E-state index is 0.161. The largest absolute Gasteiger partial charge is 0.434 e. The van der Waals surface area contributed by atoms with Crippen molar-refractivity contribution in [1.29, 1.82) is 0 Å². The van der Waals surface area contributed by atoms with E-state index in [0.29, 0.717) is 29.2 Å². The van der Waals surface area contributed by atoms with Crippen LogP contribution in [0.1, 0.15) is 6.92 Å². The molecule has 1 aliphatic heterocycles. The molecule has 0 saturated carbocycles. The average molecular weight is 506 g/mol. The smallest absolute Gasteiger partial charge is 0.388 e. The van der Waals surface area contributed by atoms with E-state index >= 15 is 0 Å². The van der Waals surface area contributed by atoms with Gasteiger partial charge >= 0.3 is 11.8 Å². The van der Waals surface area contributed by atoms with Crippen LogP contribution in [-0.4, -0.2) is 80.3 Å². The molecule has 0 atom stereocenters. The summed E-state index contributed by atoms with van der Waals surface area (Å²) in [5.74, 6) is -0.0881. The Hall–Kier alpha value is -4.36. The Kier molecular flexibility index (Phi) is 7.33. The monoisotopic (exact) mass is 505 g/mol. The van der Waals surface area contributed by atoms with Crippen LogP contribution < -0.4 is 16.4 Å². The number of nitrogens with zero attached hydrogens (tertiary/aromatic N) is 6. The lowest BCUT2D eigenvalue weighted by atomic mass is 10.0. The molecule has 2 amide bonds. The van der Waals surface area contributed by atoms with Gasteiger partial charge in [0.2, 0.25) is 5.89 Å². The number of rotatable bonds is 8. The zero-order valence-electron chi connectivity index (χ0n) is 20.3. The molecule has 5 heterocycles. The molecule has 0 spiro atoms. The fourth-order valence-electron chi connectivity index (χ4n) is 4.05. The highest BCUT2D eigenvalue weighted by atomic mass is 16.5. The number of nitrogens with one attached hydrogen (secondary N) is 3. The molecule has 37 heavy (non-hydrogen) atoms. The Bertz CT molecular complexity index is 1420. The van der Waals surface area contributed by atoms with Crippen LogP contribution >= 0.6 is 0 Å². The number of hydrogen-bond donors (Lipinski definition) is 3. The second-order valence-corrected chi connectivity index (χ2v) is 8.39. The van der Waals surface area contributed by atoms with Gasteiger partial charge in [0, 0.05) is 61.5 Å². The molecular weight excluding hydrogens is 478 g/mol. The molecule has 0 radical (unpaired) electrons. The van der Waals surface area contributed by atoms with Gasteiger partial charge in [-0.2, -0.15) is 5.10 Å².